The summed E-state index contributed by atoms with van der Waals surface area (Å²) in [4.78, 5) is 23.2. The summed E-state index contributed by atoms with van der Waals surface area (Å²) in [6.45, 7) is 6.72. The Morgan fingerprint density at radius 2 is 1.81 bits per heavy atom. The molecule has 0 unspecified atom stereocenters. The van der Waals surface area contributed by atoms with Crippen LogP contribution in [0.4, 0.5) is 0 Å². The van der Waals surface area contributed by atoms with Gasteiger partial charge >= 0.3 is 5.63 Å². The zero-order valence-electron chi connectivity index (χ0n) is 15.7. The molecule has 0 N–H and O–H groups in total. The van der Waals surface area contributed by atoms with Crippen molar-refractivity contribution in [2.75, 3.05) is 6.61 Å². The molecule has 0 aliphatic heterocycles. The van der Waals surface area contributed by atoms with Gasteiger partial charge in [0.15, 0.2) is 6.29 Å². The van der Waals surface area contributed by atoms with E-state index < -0.39 is 5.63 Å². The molecule has 0 aliphatic carbocycles. The number of hydrogen-bond donors (Lipinski definition) is 0. The second kappa shape index (κ2) is 8.08. The summed E-state index contributed by atoms with van der Waals surface area (Å²) in [7, 11) is 0. The van der Waals surface area contributed by atoms with Crippen LogP contribution < -0.4 is 15.1 Å². The molecular formula is C22H22O5. The summed E-state index contributed by atoms with van der Waals surface area (Å²) in [5.41, 5.74) is 3.38. The van der Waals surface area contributed by atoms with Gasteiger partial charge < -0.3 is 13.9 Å². The highest BCUT2D eigenvalue weighted by atomic mass is 16.5. The van der Waals surface area contributed by atoms with Crippen LogP contribution in [0.25, 0.3) is 11.0 Å². The van der Waals surface area contributed by atoms with Crippen LogP contribution in [0.5, 0.6) is 11.5 Å². The van der Waals surface area contributed by atoms with Gasteiger partial charge in [-0.2, -0.15) is 0 Å². The first-order valence-electron chi connectivity index (χ1n) is 8.90. The molecule has 0 spiro atoms. The molecule has 0 bridgehead atoms. The van der Waals surface area contributed by atoms with E-state index >= 15 is 0 Å². The van der Waals surface area contributed by atoms with Gasteiger partial charge in [0, 0.05) is 23.1 Å². The summed E-state index contributed by atoms with van der Waals surface area (Å²) in [6.07, 6.45) is 1.63. The second-order valence-electron chi connectivity index (χ2n) is 6.48. The van der Waals surface area contributed by atoms with E-state index in [2.05, 4.69) is 0 Å². The first kappa shape index (κ1) is 18.7. The number of ether oxygens (including phenoxy) is 2. The number of benzene rings is 2. The van der Waals surface area contributed by atoms with Gasteiger partial charge in [0.25, 0.3) is 0 Å². The van der Waals surface area contributed by atoms with Gasteiger partial charge in [-0.25, -0.2) is 4.79 Å². The van der Waals surface area contributed by atoms with Gasteiger partial charge in [-0.3, -0.25) is 4.79 Å². The summed E-state index contributed by atoms with van der Waals surface area (Å²) in [6, 6.07) is 10.4. The normalized spacial score (nSPS) is 10.8. The molecule has 3 rings (SSSR count). The maximum atomic E-state index is 11.9. The Labute approximate surface area is 157 Å². The predicted molar refractivity (Wildman–Crippen MR) is 104 cm³/mol. The molecule has 2 aromatic carbocycles. The molecule has 0 saturated heterocycles. The van der Waals surface area contributed by atoms with Crippen molar-refractivity contribution in [1.29, 1.82) is 0 Å². The lowest BCUT2D eigenvalue weighted by Gasteiger charge is -2.13. The topological polar surface area (TPSA) is 65.7 Å². The molecule has 0 radical (unpaired) electrons. The van der Waals surface area contributed by atoms with Crippen molar-refractivity contribution in [3.05, 3.63) is 69.1 Å². The van der Waals surface area contributed by atoms with Crippen molar-refractivity contribution in [2.24, 2.45) is 0 Å². The minimum Gasteiger partial charge on any atom is -0.493 e. The van der Waals surface area contributed by atoms with Crippen molar-refractivity contribution in [2.45, 2.75) is 33.8 Å². The highest BCUT2D eigenvalue weighted by Crippen LogP contribution is 2.27. The molecule has 0 saturated carbocycles. The Kier molecular flexibility index (Phi) is 5.60. The quantitative estimate of drug-likeness (QED) is 0.452. The lowest BCUT2D eigenvalue weighted by atomic mass is 10.0. The molecule has 5 nitrogen and oxygen atoms in total. The third-order valence-corrected chi connectivity index (χ3v) is 4.41. The fraction of sp³-hybridized carbons (Fsp3) is 0.273. The Morgan fingerprint density at radius 3 is 2.56 bits per heavy atom. The van der Waals surface area contributed by atoms with Gasteiger partial charge in [-0.1, -0.05) is 6.92 Å². The van der Waals surface area contributed by atoms with Crippen LogP contribution in [0.2, 0.25) is 0 Å². The Bertz CT molecular complexity index is 1030. The highest BCUT2D eigenvalue weighted by molar-refractivity contribution is 5.82. The molecule has 140 valence electrons. The minimum atomic E-state index is -0.431. The minimum absolute atomic E-state index is 0.142. The number of aryl methyl sites for hydroxylation is 2. The number of carbonyl (C=O) groups is 1. The van der Waals surface area contributed by atoms with E-state index in [1.54, 1.807) is 18.2 Å². The lowest BCUT2D eigenvalue weighted by molar-refractivity contribution is 0.111. The average Bonchev–Trinajstić information content (AvgIpc) is 2.65. The van der Waals surface area contributed by atoms with Crippen LogP contribution in [0.1, 0.15) is 40.4 Å². The average molecular weight is 366 g/mol. The zero-order chi connectivity index (χ0) is 19.4. The van der Waals surface area contributed by atoms with E-state index in [1.165, 1.54) is 6.07 Å². The SMILES string of the molecule is CCCOc1ccc(C=O)c(OCc2cc(=O)oc3cc(C)c(C)cc23)c1. The van der Waals surface area contributed by atoms with Crippen molar-refractivity contribution < 1.29 is 18.7 Å². The van der Waals surface area contributed by atoms with Crippen LogP contribution in [-0.2, 0) is 6.61 Å². The number of carbonyl (C=O) groups excluding carboxylic acids is 1. The molecule has 0 atom stereocenters. The van der Waals surface area contributed by atoms with E-state index in [-0.39, 0.29) is 6.61 Å². The zero-order valence-corrected chi connectivity index (χ0v) is 15.7. The molecule has 0 fully saturated rings. The maximum absolute atomic E-state index is 11.9. The van der Waals surface area contributed by atoms with E-state index in [4.69, 9.17) is 13.9 Å². The van der Waals surface area contributed by atoms with Gasteiger partial charge in [-0.15, -0.1) is 0 Å². The lowest BCUT2D eigenvalue weighted by Crippen LogP contribution is -2.06. The van der Waals surface area contributed by atoms with Crippen LogP contribution in [0.3, 0.4) is 0 Å². The first-order valence-corrected chi connectivity index (χ1v) is 8.90. The van der Waals surface area contributed by atoms with Crippen LogP contribution >= 0.6 is 0 Å². The molecule has 1 aromatic heterocycles. The first-order chi connectivity index (χ1) is 13.0. The number of fused-ring (bicyclic) bond motifs is 1. The molecule has 27 heavy (non-hydrogen) atoms. The van der Waals surface area contributed by atoms with E-state index in [1.807, 2.05) is 32.9 Å². The molecule has 0 amide bonds. The maximum Gasteiger partial charge on any atom is 0.336 e. The standard InChI is InChI=1S/C22H22O5/c1-4-7-25-18-6-5-16(12-23)20(11-18)26-13-17-10-22(24)27-21-9-15(3)14(2)8-19(17)21/h5-6,8-12H,4,7,13H2,1-3H3. The summed E-state index contributed by atoms with van der Waals surface area (Å²) in [5.74, 6) is 1.06. The highest BCUT2D eigenvalue weighted by Gasteiger charge is 2.11. The fourth-order valence-electron chi connectivity index (χ4n) is 2.80. The Balaban J connectivity index is 1.93. The van der Waals surface area contributed by atoms with Gasteiger partial charge in [0.1, 0.15) is 23.7 Å². The summed E-state index contributed by atoms with van der Waals surface area (Å²) >= 11 is 0. The van der Waals surface area contributed by atoms with Gasteiger partial charge in [-0.05, 0) is 55.7 Å². The Hall–Kier alpha value is -3.08. The number of rotatable bonds is 7. The summed E-state index contributed by atoms with van der Waals surface area (Å²) < 4.78 is 16.8. The van der Waals surface area contributed by atoms with Crippen molar-refractivity contribution in [1.82, 2.24) is 0 Å². The van der Waals surface area contributed by atoms with E-state index in [0.717, 1.165) is 29.2 Å². The monoisotopic (exact) mass is 366 g/mol. The smallest absolute Gasteiger partial charge is 0.336 e. The molecule has 0 aliphatic rings. The number of aldehydes is 1. The van der Waals surface area contributed by atoms with Gasteiger partial charge in [0.2, 0.25) is 0 Å². The van der Waals surface area contributed by atoms with Crippen LogP contribution in [0, 0.1) is 13.8 Å². The third kappa shape index (κ3) is 4.19. The van der Waals surface area contributed by atoms with Crippen molar-refractivity contribution >= 4 is 17.3 Å². The van der Waals surface area contributed by atoms with Crippen molar-refractivity contribution in [3.63, 3.8) is 0 Å². The summed E-state index contributed by atoms with van der Waals surface area (Å²) in [5, 5.41) is 0.823. The largest absolute Gasteiger partial charge is 0.493 e. The van der Waals surface area contributed by atoms with Crippen LogP contribution in [-0.4, -0.2) is 12.9 Å². The van der Waals surface area contributed by atoms with Crippen molar-refractivity contribution in [3.8, 4) is 11.5 Å². The molecule has 5 heteroatoms. The van der Waals surface area contributed by atoms with Gasteiger partial charge in [0.05, 0.1) is 12.2 Å². The second-order valence-corrected chi connectivity index (χ2v) is 6.48. The molecular weight excluding hydrogens is 344 g/mol. The predicted octanol–water partition coefficient (Wildman–Crippen LogP) is 4.59. The van der Waals surface area contributed by atoms with E-state index in [9.17, 15) is 9.59 Å². The molecule has 1 heterocycles. The Morgan fingerprint density at radius 1 is 1.04 bits per heavy atom. The van der Waals surface area contributed by atoms with Crippen LogP contribution in [0.15, 0.2) is 45.6 Å². The molecule has 3 aromatic rings. The number of hydrogen-bond acceptors (Lipinski definition) is 5. The third-order valence-electron chi connectivity index (χ3n) is 4.41. The fourth-order valence-corrected chi connectivity index (χ4v) is 2.80. The van der Waals surface area contributed by atoms with E-state index in [0.29, 0.717) is 34.8 Å².